The number of piperazine rings is 1. The van der Waals surface area contributed by atoms with E-state index in [0.29, 0.717) is 26.2 Å². The molecule has 1 aliphatic heterocycles. The van der Waals surface area contributed by atoms with E-state index in [4.69, 9.17) is 0 Å². The molecule has 0 bridgehead atoms. The summed E-state index contributed by atoms with van der Waals surface area (Å²) in [5.74, 6) is -0.0924. The molecule has 2 heterocycles. The van der Waals surface area contributed by atoms with Crippen molar-refractivity contribution in [1.82, 2.24) is 15.1 Å². The number of nitrogens with zero attached hydrogens (tertiary/aromatic N) is 2. The number of rotatable bonds is 5. The quantitative estimate of drug-likeness (QED) is 0.895. The van der Waals surface area contributed by atoms with Crippen LogP contribution in [0.5, 0.6) is 0 Å². The minimum absolute atomic E-state index is 0.0426. The summed E-state index contributed by atoms with van der Waals surface area (Å²) in [4.78, 5) is 16.3. The molecule has 1 amide bonds. The second kappa shape index (κ2) is 7.43. The Bertz CT molecular complexity index is 470. The highest BCUT2D eigenvalue weighted by Gasteiger charge is 2.32. The van der Waals surface area contributed by atoms with E-state index < -0.39 is 12.7 Å². The number of alkyl halides is 3. The zero-order valence-corrected chi connectivity index (χ0v) is 13.2. The third-order valence-electron chi connectivity index (χ3n) is 3.58. The lowest BCUT2D eigenvalue weighted by atomic mass is 10.2. The first-order valence-corrected chi connectivity index (χ1v) is 8.06. The van der Waals surface area contributed by atoms with Crippen molar-refractivity contribution >= 4 is 17.2 Å². The molecule has 1 aromatic heterocycles. The molecule has 0 radical (unpaired) electrons. The van der Waals surface area contributed by atoms with Crippen LogP contribution in [0.15, 0.2) is 17.5 Å². The SMILES string of the molecule is CC(NC(=O)CN1CCN(CC(F)(F)F)CC1)c1cccs1. The maximum Gasteiger partial charge on any atom is 0.401 e. The second-order valence-electron chi connectivity index (χ2n) is 5.47. The van der Waals surface area contributed by atoms with Crippen LogP contribution >= 0.6 is 11.3 Å². The summed E-state index contributed by atoms with van der Waals surface area (Å²) in [6, 6.07) is 3.85. The van der Waals surface area contributed by atoms with Gasteiger partial charge in [0.2, 0.25) is 5.91 Å². The second-order valence-corrected chi connectivity index (χ2v) is 6.45. The predicted molar refractivity (Wildman–Crippen MR) is 79.8 cm³/mol. The van der Waals surface area contributed by atoms with Crippen molar-refractivity contribution in [2.45, 2.75) is 19.1 Å². The van der Waals surface area contributed by atoms with E-state index in [9.17, 15) is 18.0 Å². The fourth-order valence-corrected chi connectivity index (χ4v) is 3.19. The Labute approximate surface area is 131 Å². The van der Waals surface area contributed by atoms with Crippen LogP contribution in [-0.4, -0.2) is 61.2 Å². The van der Waals surface area contributed by atoms with Crippen molar-refractivity contribution in [3.8, 4) is 0 Å². The third kappa shape index (κ3) is 5.58. The average molecular weight is 335 g/mol. The van der Waals surface area contributed by atoms with Gasteiger partial charge >= 0.3 is 6.18 Å². The molecule has 0 spiro atoms. The van der Waals surface area contributed by atoms with E-state index in [-0.39, 0.29) is 18.5 Å². The number of halogens is 3. The van der Waals surface area contributed by atoms with Gasteiger partial charge in [-0.05, 0) is 18.4 Å². The molecule has 0 aromatic carbocycles. The summed E-state index contributed by atoms with van der Waals surface area (Å²) in [5.41, 5.74) is 0. The molecule has 8 heteroatoms. The van der Waals surface area contributed by atoms with E-state index in [1.165, 1.54) is 4.90 Å². The average Bonchev–Trinajstić information content (AvgIpc) is 2.93. The number of carbonyl (C=O) groups is 1. The first kappa shape index (κ1) is 17.2. The topological polar surface area (TPSA) is 35.6 Å². The molecular weight excluding hydrogens is 315 g/mol. The van der Waals surface area contributed by atoms with Crippen molar-refractivity contribution in [2.24, 2.45) is 0 Å². The molecule has 1 aliphatic rings. The summed E-state index contributed by atoms with van der Waals surface area (Å²) < 4.78 is 36.9. The van der Waals surface area contributed by atoms with E-state index in [1.54, 1.807) is 11.3 Å². The van der Waals surface area contributed by atoms with E-state index in [1.807, 2.05) is 29.3 Å². The number of amides is 1. The molecule has 1 saturated heterocycles. The van der Waals surface area contributed by atoms with Crippen LogP contribution in [0.4, 0.5) is 13.2 Å². The maximum absolute atomic E-state index is 12.3. The van der Waals surface area contributed by atoms with Gasteiger partial charge in [0, 0.05) is 31.1 Å². The van der Waals surface area contributed by atoms with Crippen molar-refractivity contribution in [1.29, 1.82) is 0 Å². The lowest BCUT2D eigenvalue weighted by Crippen LogP contribution is -2.51. The molecule has 1 fully saturated rings. The summed E-state index contributed by atoms with van der Waals surface area (Å²) in [6.45, 7) is 2.93. The highest BCUT2D eigenvalue weighted by molar-refractivity contribution is 7.10. The lowest BCUT2D eigenvalue weighted by molar-refractivity contribution is -0.150. The highest BCUT2D eigenvalue weighted by atomic mass is 32.1. The Morgan fingerprint density at radius 1 is 1.32 bits per heavy atom. The van der Waals surface area contributed by atoms with E-state index in [2.05, 4.69) is 5.32 Å². The molecule has 2 rings (SSSR count). The van der Waals surface area contributed by atoms with Gasteiger partial charge < -0.3 is 5.32 Å². The number of hydrogen-bond donors (Lipinski definition) is 1. The van der Waals surface area contributed by atoms with Crippen LogP contribution < -0.4 is 5.32 Å². The Morgan fingerprint density at radius 3 is 2.50 bits per heavy atom. The first-order chi connectivity index (χ1) is 10.3. The Balaban J connectivity index is 1.70. The van der Waals surface area contributed by atoms with Crippen LogP contribution in [0, 0.1) is 0 Å². The molecule has 1 N–H and O–H groups in total. The highest BCUT2D eigenvalue weighted by Crippen LogP contribution is 2.19. The van der Waals surface area contributed by atoms with Crippen molar-refractivity contribution in [3.63, 3.8) is 0 Å². The zero-order chi connectivity index (χ0) is 16.2. The largest absolute Gasteiger partial charge is 0.401 e. The van der Waals surface area contributed by atoms with Gasteiger partial charge in [-0.2, -0.15) is 13.2 Å². The van der Waals surface area contributed by atoms with Gasteiger partial charge in [0.1, 0.15) is 0 Å². The number of thiophene rings is 1. The molecule has 124 valence electrons. The molecule has 0 aliphatic carbocycles. The van der Waals surface area contributed by atoms with Crippen molar-refractivity contribution in [2.75, 3.05) is 39.3 Å². The van der Waals surface area contributed by atoms with E-state index >= 15 is 0 Å². The minimum atomic E-state index is -4.16. The third-order valence-corrected chi connectivity index (χ3v) is 4.64. The van der Waals surface area contributed by atoms with Gasteiger partial charge in [-0.25, -0.2) is 0 Å². The zero-order valence-electron chi connectivity index (χ0n) is 12.4. The predicted octanol–water partition coefficient (Wildman–Crippen LogP) is 2.11. The van der Waals surface area contributed by atoms with Crippen molar-refractivity contribution < 1.29 is 18.0 Å². The van der Waals surface area contributed by atoms with Gasteiger partial charge in [-0.15, -0.1) is 11.3 Å². The standard InChI is InChI=1S/C14H20F3N3OS/c1-11(12-3-2-8-22-12)18-13(21)9-19-4-6-20(7-5-19)10-14(15,16)17/h2-3,8,11H,4-7,9-10H2,1H3,(H,18,21). The fraction of sp³-hybridized carbons (Fsp3) is 0.643. The van der Waals surface area contributed by atoms with Crippen LogP contribution in [0.3, 0.4) is 0 Å². The summed E-state index contributed by atoms with van der Waals surface area (Å²) in [7, 11) is 0. The number of nitrogens with one attached hydrogen (secondary N) is 1. The summed E-state index contributed by atoms with van der Waals surface area (Å²) >= 11 is 1.58. The van der Waals surface area contributed by atoms with Crippen LogP contribution in [0.2, 0.25) is 0 Å². The summed E-state index contributed by atoms with van der Waals surface area (Å²) in [6.07, 6.45) is -4.16. The van der Waals surface area contributed by atoms with Crippen LogP contribution in [0.25, 0.3) is 0 Å². The molecule has 1 aromatic rings. The molecule has 4 nitrogen and oxygen atoms in total. The Hall–Kier alpha value is -1.12. The van der Waals surface area contributed by atoms with Crippen LogP contribution in [0.1, 0.15) is 17.8 Å². The lowest BCUT2D eigenvalue weighted by Gasteiger charge is -2.34. The first-order valence-electron chi connectivity index (χ1n) is 7.18. The van der Waals surface area contributed by atoms with Gasteiger partial charge in [0.15, 0.2) is 0 Å². The molecule has 0 saturated carbocycles. The normalized spacial score (nSPS) is 19.1. The van der Waals surface area contributed by atoms with Crippen molar-refractivity contribution in [3.05, 3.63) is 22.4 Å². The van der Waals surface area contributed by atoms with Gasteiger partial charge in [0.05, 0.1) is 19.1 Å². The monoisotopic (exact) mass is 335 g/mol. The fourth-order valence-electron chi connectivity index (χ4n) is 2.46. The van der Waals surface area contributed by atoms with Gasteiger partial charge in [-0.1, -0.05) is 6.07 Å². The Kier molecular flexibility index (Phi) is 5.82. The molecule has 1 unspecified atom stereocenters. The smallest absolute Gasteiger partial charge is 0.348 e. The van der Waals surface area contributed by atoms with Gasteiger partial charge in [0.25, 0.3) is 0 Å². The number of hydrogen-bond acceptors (Lipinski definition) is 4. The maximum atomic E-state index is 12.3. The molecule has 1 atom stereocenters. The van der Waals surface area contributed by atoms with Gasteiger partial charge in [-0.3, -0.25) is 14.6 Å². The molecule has 22 heavy (non-hydrogen) atoms. The molecular formula is C14H20F3N3OS. The van der Waals surface area contributed by atoms with E-state index in [0.717, 1.165) is 4.88 Å². The minimum Gasteiger partial charge on any atom is -0.348 e. The van der Waals surface area contributed by atoms with Crippen LogP contribution in [-0.2, 0) is 4.79 Å². The number of carbonyl (C=O) groups excluding carboxylic acids is 1. The summed E-state index contributed by atoms with van der Waals surface area (Å²) in [5, 5.41) is 4.87. The Morgan fingerprint density at radius 2 is 1.95 bits per heavy atom.